The first-order valence-electron chi connectivity index (χ1n) is 7.63. The Morgan fingerprint density at radius 2 is 1.91 bits per heavy atom. The smallest absolute Gasteiger partial charge is 0.400 e. The van der Waals surface area contributed by atoms with Crippen molar-refractivity contribution in [3.05, 3.63) is 29.4 Å². The van der Waals surface area contributed by atoms with E-state index in [1.165, 1.54) is 6.92 Å². The summed E-state index contributed by atoms with van der Waals surface area (Å²) in [6.07, 6.45) is 3.58. The summed E-state index contributed by atoms with van der Waals surface area (Å²) in [7, 11) is -0.524. The summed E-state index contributed by atoms with van der Waals surface area (Å²) in [4.78, 5) is 15.3. The van der Waals surface area contributed by atoms with E-state index < -0.39 is 18.3 Å². The highest BCUT2D eigenvalue weighted by atomic mass is 16.7. The van der Waals surface area contributed by atoms with Crippen LogP contribution in [0.25, 0.3) is 6.08 Å². The Hall–Kier alpha value is -1.86. The highest BCUT2D eigenvalue weighted by Gasteiger charge is 2.52. The first-order valence-corrected chi connectivity index (χ1v) is 7.63. The minimum Gasteiger partial charge on any atom is -0.400 e. The number of amides is 1. The summed E-state index contributed by atoms with van der Waals surface area (Å²) in [5, 5.41) is 2.80. The molecule has 1 fully saturated rings. The summed E-state index contributed by atoms with van der Waals surface area (Å²) in [6.45, 7) is 9.80. The standard InChI is InChI=1S/C16H24BN3O3/c1-11(21)19-10-13(8-12-6-7-14(18)20-9-12)17-22-15(2,3)16(4,5)23-17/h6-9H,10H2,1-5H3,(H2,18,20)(H,19,21). The molecule has 124 valence electrons. The van der Waals surface area contributed by atoms with Gasteiger partial charge in [-0.15, -0.1) is 0 Å². The Kier molecular flexibility index (Phi) is 4.82. The van der Waals surface area contributed by atoms with Crippen molar-refractivity contribution in [2.24, 2.45) is 0 Å². The van der Waals surface area contributed by atoms with Gasteiger partial charge in [0.05, 0.1) is 11.2 Å². The predicted octanol–water partition coefficient (Wildman–Crippen LogP) is 1.81. The molecule has 2 heterocycles. The SMILES string of the molecule is CC(=O)NCC(=Cc1ccc(N)nc1)B1OC(C)(C)C(C)(C)O1. The molecule has 0 aliphatic carbocycles. The van der Waals surface area contributed by atoms with E-state index in [4.69, 9.17) is 15.0 Å². The number of nitrogens with two attached hydrogens (primary N) is 1. The third-order valence-electron chi connectivity index (χ3n) is 4.26. The summed E-state index contributed by atoms with van der Waals surface area (Å²) < 4.78 is 12.1. The quantitative estimate of drug-likeness (QED) is 0.827. The first kappa shape index (κ1) is 17.5. The van der Waals surface area contributed by atoms with Gasteiger partial charge in [0.25, 0.3) is 0 Å². The Balaban J connectivity index is 2.28. The highest BCUT2D eigenvalue weighted by molar-refractivity contribution is 6.56. The average Bonchev–Trinajstić information content (AvgIpc) is 2.65. The molecule has 1 aromatic heterocycles. The number of hydrogen-bond acceptors (Lipinski definition) is 5. The van der Waals surface area contributed by atoms with Gasteiger partial charge in [-0.3, -0.25) is 4.79 Å². The number of pyridine rings is 1. The van der Waals surface area contributed by atoms with Crippen molar-refractivity contribution in [2.45, 2.75) is 45.8 Å². The van der Waals surface area contributed by atoms with Crippen LogP contribution in [0.2, 0.25) is 0 Å². The molecule has 1 saturated heterocycles. The fourth-order valence-electron chi connectivity index (χ4n) is 2.14. The minimum atomic E-state index is -0.524. The van der Waals surface area contributed by atoms with Gasteiger partial charge in [0, 0.05) is 19.7 Å². The summed E-state index contributed by atoms with van der Waals surface area (Å²) in [5.41, 5.74) is 6.43. The molecule has 0 spiro atoms. The number of nitrogens with zero attached hydrogens (tertiary/aromatic N) is 1. The molecule has 2 rings (SSSR count). The van der Waals surface area contributed by atoms with Gasteiger partial charge in [-0.05, 0) is 50.9 Å². The molecule has 0 unspecified atom stereocenters. The molecule has 0 radical (unpaired) electrons. The van der Waals surface area contributed by atoms with Gasteiger partial charge in [0.1, 0.15) is 5.82 Å². The third kappa shape index (κ3) is 4.12. The normalized spacial score (nSPS) is 19.7. The van der Waals surface area contributed by atoms with Gasteiger partial charge in [-0.25, -0.2) is 4.98 Å². The molecule has 1 aliphatic rings. The zero-order valence-electron chi connectivity index (χ0n) is 14.3. The number of aromatic nitrogens is 1. The number of hydrogen-bond donors (Lipinski definition) is 2. The van der Waals surface area contributed by atoms with E-state index in [1.807, 2.05) is 39.8 Å². The monoisotopic (exact) mass is 317 g/mol. The van der Waals surface area contributed by atoms with Crippen LogP contribution in [0.3, 0.4) is 0 Å². The molecule has 1 amide bonds. The second kappa shape index (κ2) is 6.33. The van der Waals surface area contributed by atoms with Crippen LogP contribution in [-0.2, 0) is 14.1 Å². The molecule has 0 aromatic carbocycles. The van der Waals surface area contributed by atoms with Crippen LogP contribution in [0.15, 0.2) is 23.8 Å². The summed E-state index contributed by atoms with van der Waals surface area (Å²) in [6, 6.07) is 3.59. The minimum absolute atomic E-state index is 0.108. The fourth-order valence-corrected chi connectivity index (χ4v) is 2.14. The molecular weight excluding hydrogens is 293 g/mol. The van der Waals surface area contributed by atoms with Crippen molar-refractivity contribution in [3.63, 3.8) is 0 Å². The maximum absolute atomic E-state index is 11.3. The Morgan fingerprint density at radius 1 is 1.30 bits per heavy atom. The second-order valence-corrected chi connectivity index (χ2v) is 6.73. The van der Waals surface area contributed by atoms with E-state index in [0.29, 0.717) is 12.4 Å². The highest BCUT2D eigenvalue weighted by Crippen LogP contribution is 2.38. The Labute approximate surface area is 137 Å². The van der Waals surface area contributed by atoms with E-state index in [1.54, 1.807) is 12.3 Å². The zero-order valence-corrected chi connectivity index (χ0v) is 14.3. The number of nitrogen functional groups attached to an aromatic ring is 1. The lowest BCUT2D eigenvalue weighted by atomic mass is 9.77. The van der Waals surface area contributed by atoms with E-state index in [-0.39, 0.29) is 5.91 Å². The number of carbonyl (C=O) groups excluding carboxylic acids is 1. The van der Waals surface area contributed by atoms with Crippen molar-refractivity contribution >= 4 is 24.9 Å². The van der Waals surface area contributed by atoms with Gasteiger partial charge in [0.15, 0.2) is 0 Å². The molecule has 1 aliphatic heterocycles. The Morgan fingerprint density at radius 3 is 2.39 bits per heavy atom. The van der Waals surface area contributed by atoms with Crippen molar-refractivity contribution in [1.29, 1.82) is 0 Å². The maximum Gasteiger partial charge on any atom is 0.492 e. The zero-order chi connectivity index (χ0) is 17.3. The van der Waals surface area contributed by atoms with Gasteiger partial charge in [-0.1, -0.05) is 6.08 Å². The first-order chi connectivity index (χ1) is 10.6. The van der Waals surface area contributed by atoms with Crippen LogP contribution in [0.4, 0.5) is 5.82 Å². The molecule has 0 atom stereocenters. The topological polar surface area (TPSA) is 86.5 Å². The van der Waals surface area contributed by atoms with Crippen LogP contribution in [0.5, 0.6) is 0 Å². The van der Waals surface area contributed by atoms with E-state index in [0.717, 1.165) is 11.0 Å². The second-order valence-electron chi connectivity index (χ2n) is 6.73. The van der Waals surface area contributed by atoms with Gasteiger partial charge in [0.2, 0.25) is 5.91 Å². The van der Waals surface area contributed by atoms with Crippen LogP contribution in [0, 0.1) is 0 Å². The van der Waals surface area contributed by atoms with Crippen molar-refractivity contribution in [1.82, 2.24) is 10.3 Å². The largest absolute Gasteiger partial charge is 0.492 e. The fraction of sp³-hybridized carbons (Fsp3) is 0.500. The number of rotatable bonds is 4. The molecule has 7 heteroatoms. The molecule has 6 nitrogen and oxygen atoms in total. The molecule has 23 heavy (non-hydrogen) atoms. The van der Waals surface area contributed by atoms with Crippen LogP contribution < -0.4 is 11.1 Å². The summed E-state index contributed by atoms with van der Waals surface area (Å²) >= 11 is 0. The van der Waals surface area contributed by atoms with Crippen LogP contribution in [-0.4, -0.2) is 35.8 Å². The van der Waals surface area contributed by atoms with E-state index >= 15 is 0 Å². The van der Waals surface area contributed by atoms with Crippen LogP contribution in [0.1, 0.15) is 40.2 Å². The number of carbonyl (C=O) groups is 1. The van der Waals surface area contributed by atoms with Crippen LogP contribution >= 0.6 is 0 Å². The van der Waals surface area contributed by atoms with E-state index in [2.05, 4.69) is 10.3 Å². The molecule has 3 N–H and O–H groups in total. The number of nitrogens with one attached hydrogen (secondary N) is 1. The van der Waals surface area contributed by atoms with Crippen molar-refractivity contribution in [3.8, 4) is 0 Å². The lowest BCUT2D eigenvalue weighted by Gasteiger charge is -2.32. The number of anilines is 1. The Bertz CT molecular complexity index is 596. The third-order valence-corrected chi connectivity index (χ3v) is 4.26. The van der Waals surface area contributed by atoms with E-state index in [9.17, 15) is 4.79 Å². The molecule has 0 bridgehead atoms. The lowest BCUT2D eigenvalue weighted by Crippen LogP contribution is -2.41. The summed E-state index contributed by atoms with van der Waals surface area (Å²) in [5.74, 6) is 0.351. The van der Waals surface area contributed by atoms with Crippen molar-refractivity contribution < 1.29 is 14.1 Å². The lowest BCUT2D eigenvalue weighted by molar-refractivity contribution is -0.118. The maximum atomic E-state index is 11.3. The van der Waals surface area contributed by atoms with Gasteiger partial charge >= 0.3 is 7.12 Å². The van der Waals surface area contributed by atoms with Gasteiger partial charge in [-0.2, -0.15) is 0 Å². The van der Waals surface area contributed by atoms with Gasteiger partial charge < -0.3 is 20.4 Å². The average molecular weight is 317 g/mol. The predicted molar refractivity (Wildman–Crippen MR) is 91.4 cm³/mol. The molecular formula is C16H24BN3O3. The molecule has 0 saturated carbocycles. The van der Waals surface area contributed by atoms with Crippen molar-refractivity contribution in [2.75, 3.05) is 12.3 Å². The molecule has 1 aromatic rings.